The van der Waals surface area contributed by atoms with E-state index in [1.54, 1.807) is 0 Å². The van der Waals surface area contributed by atoms with Crippen molar-refractivity contribution in [2.45, 2.75) is 41.5 Å². The van der Waals surface area contributed by atoms with Crippen molar-refractivity contribution in [3.63, 3.8) is 0 Å². The second-order valence-electron chi connectivity index (χ2n) is 10.6. The highest BCUT2D eigenvalue weighted by molar-refractivity contribution is 6.04. The predicted molar refractivity (Wildman–Crippen MR) is 175 cm³/mol. The van der Waals surface area contributed by atoms with Gasteiger partial charge in [-0.25, -0.2) is 0 Å². The van der Waals surface area contributed by atoms with Crippen LogP contribution in [0, 0.1) is 34.6 Å². The molecule has 4 aromatic rings. The van der Waals surface area contributed by atoms with Gasteiger partial charge in [0.1, 0.15) is 5.76 Å². The number of para-hydroxylation sites is 1. The molecule has 220 valence electrons. The van der Waals surface area contributed by atoms with Crippen molar-refractivity contribution in [2.75, 3.05) is 23.7 Å². The largest absolute Gasteiger partial charge is 0.510 e. The maximum atomic E-state index is 12.9. The van der Waals surface area contributed by atoms with E-state index >= 15 is 0 Å². The van der Waals surface area contributed by atoms with Gasteiger partial charge < -0.3 is 15.7 Å². The number of aryl methyl sites for hydroxylation is 5. The first-order chi connectivity index (χ1) is 20.6. The lowest BCUT2D eigenvalue weighted by Gasteiger charge is -2.10. The van der Waals surface area contributed by atoms with Crippen LogP contribution in [0.25, 0.3) is 11.1 Å². The highest BCUT2D eigenvalue weighted by Crippen LogP contribution is 2.31. The lowest BCUT2D eigenvalue weighted by atomic mass is 10.0. The average Bonchev–Trinajstić information content (AvgIpc) is 2.96. The second-order valence-corrected chi connectivity index (χ2v) is 10.6. The molecule has 0 aliphatic heterocycles. The van der Waals surface area contributed by atoms with E-state index in [1.165, 1.54) is 12.5 Å². The summed E-state index contributed by atoms with van der Waals surface area (Å²) in [5.74, 6) is -0.740. The summed E-state index contributed by atoms with van der Waals surface area (Å²) in [5.41, 5.74) is 10.3. The number of carbonyl (C=O) groups is 1. The normalized spacial score (nSPS) is 12.0. The van der Waals surface area contributed by atoms with Gasteiger partial charge in [0.25, 0.3) is 5.91 Å². The lowest BCUT2D eigenvalue weighted by Crippen LogP contribution is -2.15. The third-order valence-corrected chi connectivity index (χ3v) is 7.02. The fraction of sp³-hybridized carbons (Fsp3) is 0.229. The number of carbonyl (C=O) groups excluding carboxylic acids is 1. The van der Waals surface area contributed by atoms with Crippen LogP contribution in [0.3, 0.4) is 0 Å². The first-order valence-electron chi connectivity index (χ1n) is 14.2. The minimum absolute atomic E-state index is 0.144. The van der Waals surface area contributed by atoms with Gasteiger partial charge in [-0.05, 0) is 111 Å². The molecule has 8 heteroatoms. The van der Waals surface area contributed by atoms with Crippen molar-refractivity contribution in [3.05, 3.63) is 118 Å². The van der Waals surface area contributed by atoms with Crippen molar-refractivity contribution in [1.82, 2.24) is 0 Å². The second kappa shape index (κ2) is 14.2. The zero-order valence-electron chi connectivity index (χ0n) is 25.6. The number of nitrogens with one attached hydrogen (secondary N) is 2. The van der Waals surface area contributed by atoms with Gasteiger partial charge in [-0.3, -0.25) is 4.79 Å². The number of amides is 1. The van der Waals surface area contributed by atoms with Gasteiger partial charge in [0.15, 0.2) is 5.70 Å². The smallest absolute Gasteiger partial charge is 0.279 e. The van der Waals surface area contributed by atoms with Gasteiger partial charge in [-0.1, -0.05) is 48.0 Å². The molecule has 0 heterocycles. The molecule has 3 N–H and O–H groups in total. The fourth-order valence-corrected chi connectivity index (χ4v) is 4.55. The third kappa shape index (κ3) is 8.23. The maximum Gasteiger partial charge on any atom is 0.279 e. The molecule has 0 bridgehead atoms. The number of allylic oxidation sites excluding steroid dienone is 1. The summed E-state index contributed by atoms with van der Waals surface area (Å²) in [6.45, 7) is 12.6. The zero-order valence-corrected chi connectivity index (χ0v) is 25.6. The van der Waals surface area contributed by atoms with E-state index in [0.29, 0.717) is 24.5 Å². The Labute approximate surface area is 253 Å². The SMILES string of the molecule is C/C(O)=C(/N=Nc1ccc(-c2ccc(N=NCCNc3ccccc3C)c(C)c2)cc1C)C(=O)Nc1ccc(C)cc1C. The van der Waals surface area contributed by atoms with Crippen LogP contribution in [0.2, 0.25) is 0 Å². The number of nitrogens with zero attached hydrogens (tertiary/aromatic N) is 4. The molecule has 0 fully saturated rings. The van der Waals surface area contributed by atoms with Crippen LogP contribution in [-0.2, 0) is 4.79 Å². The Morgan fingerprint density at radius 3 is 1.98 bits per heavy atom. The van der Waals surface area contributed by atoms with Gasteiger partial charge in [0.05, 0.1) is 17.9 Å². The van der Waals surface area contributed by atoms with Gasteiger partial charge >= 0.3 is 0 Å². The summed E-state index contributed by atoms with van der Waals surface area (Å²) >= 11 is 0. The molecule has 0 unspecified atom stereocenters. The Bertz CT molecular complexity index is 1720. The molecule has 0 aromatic heterocycles. The van der Waals surface area contributed by atoms with Crippen LogP contribution in [0.4, 0.5) is 22.7 Å². The van der Waals surface area contributed by atoms with E-state index in [4.69, 9.17) is 0 Å². The summed E-state index contributed by atoms with van der Waals surface area (Å²) in [6, 6.07) is 25.8. The topological polar surface area (TPSA) is 111 Å². The highest BCUT2D eigenvalue weighted by atomic mass is 16.3. The molecule has 0 saturated heterocycles. The first kappa shape index (κ1) is 30.8. The zero-order chi connectivity index (χ0) is 30.9. The molecule has 1 amide bonds. The number of hydrogen-bond donors (Lipinski definition) is 3. The monoisotopic (exact) mass is 574 g/mol. The van der Waals surface area contributed by atoms with Crippen LogP contribution < -0.4 is 10.6 Å². The Balaban J connectivity index is 1.40. The van der Waals surface area contributed by atoms with Crippen LogP contribution in [-0.4, -0.2) is 24.1 Å². The maximum absolute atomic E-state index is 12.9. The predicted octanol–water partition coefficient (Wildman–Crippen LogP) is 9.60. The third-order valence-electron chi connectivity index (χ3n) is 7.02. The Morgan fingerprint density at radius 2 is 1.37 bits per heavy atom. The summed E-state index contributed by atoms with van der Waals surface area (Å²) in [4.78, 5) is 12.9. The van der Waals surface area contributed by atoms with Crippen molar-refractivity contribution >= 4 is 28.7 Å². The number of rotatable bonds is 10. The van der Waals surface area contributed by atoms with Gasteiger partial charge in [-0.2, -0.15) is 10.2 Å². The van der Waals surface area contributed by atoms with Crippen LogP contribution >= 0.6 is 0 Å². The molecular formula is C35H38N6O2. The molecule has 0 radical (unpaired) electrons. The summed E-state index contributed by atoms with van der Waals surface area (Å²) in [7, 11) is 0. The summed E-state index contributed by atoms with van der Waals surface area (Å²) in [5, 5.41) is 33.5. The number of azo groups is 2. The van der Waals surface area contributed by atoms with Crippen molar-refractivity contribution in [3.8, 4) is 11.1 Å². The molecule has 0 saturated carbocycles. The molecule has 0 atom stereocenters. The van der Waals surface area contributed by atoms with Crippen LogP contribution in [0.15, 0.2) is 111 Å². The number of anilines is 2. The van der Waals surface area contributed by atoms with E-state index in [-0.39, 0.29) is 11.5 Å². The van der Waals surface area contributed by atoms with E-state index in [0.717, 1.165) is 44.8 Å². The van der Waals surface area contributed by atoms with Crippen molar-refractivity contribution < 1.29 is 9.90 Å². The van der Waals surface area contributed by atoms with Gasteiger partial charge in [0.2, 0.25) is 0 Å². The fourth-order valence-electron chi connectivity index (χ4n) is 4.55. The Hall–Kier alpha value is -5.11. The summed E-state index contributed by atoms with van der Waals surface area (Å²) in [6.07, 6.45) is 0. The molecule has 4 aromatic carbocycles. The molecule has 0 aliphatic carbocycles. The highest BCUT2D eigenvalue weighted by Gasteiger charge is 2.15. The minimum atomic E-state index is -0.528. The quantitative estimate of drug-likeness (QED) is 0.0759. The number of aliphatic hydroxyl groups excluding tert-OH is 1. The molecule has 0 spiro atoms. The minimum Gasteiger partial charge on any atom is -0.510 e. The van der Waals surface area contributed by atoms with E-state index < -0.39 is 5.91 Å². The van der Waals surface area contributed by atoms with Gasteiger partial charge in [-0.15, -0.1) is 10.2 Å². The van der Waals surface area contributed by atoms with Crippen LogP contribution in [0.1, 0.15) is 34.7 Å². The number of benzene rings is 4. The average molecular weight is 575 g/mol. The van der Waals surface area contributed by atoms with E-state index in [2.05, 4.69) is 56.2 Å². The molecule has 8 nitrogen and oxygen atoms in total. The molecule has 0 aliphatic rings. The molecule has 43 heavy (non-hydrogen) atoms. The van der Waals surface area contributed by atoms with Crippen LogP contribution in [0.5, 0.6) is 0 Å². The number of hydrogen-bond acceptors (Lipinski definition) is 7. The lowest BCUT2D eigenvalue weighted by molar-refractivity contribution is -0.113. The van der Waals surface area contributed by atoms with Gasteiger partial charge in [0, 0.05) is 17.9 Å². The number of aliphatic hydroxyl groups is 1. The van der Waals surface area contributed by atoms with E-state index in [1.807, 2.05) is 88.4 Å². The summed E-state index contributed by atoms with van der Waals surface area (Å²) < 4.78 is 0. The first-order valence-corrected chi connectivity index (χ1v) is 14.2. The van der Waals surface area contributed by atoms with E-state index in [9.17, 15) is 9.90 Å². The molecule has 4 rings (SSSR count). The van der Waals surface area contributed by atoms with Crippen molar-refractivity contribution in [1.29, 1.82) is 0 Å². The Morgan fingerprint density at radius 1 is 0.721 bits per heavy atom. The standard InChI is InChI=1S/C35H38N6O2/c1-22-11-14-31(24(3)19-22)38-35(43)34(27(6)42)41-40-33-16-13-29(21-26(33)5)28-12-15-32(25(4)20-28)39-37-18-17-36-30-10-8-7-9-23(30)2/h7-16,19-21,36,42H,17-18H2,1-6H3,(H,38,43)/b34-27-,39-37?,41-40?. The molecular weight excluding hydrogens is 536 g/mol. The Kier molecular flexibility index (Phi) is 10.2. The van der Waals surface area contributed by atoms with Crippen molar-refractivity contribution in [2.24, 2.45) is 20.5 Å².